The molecule has 3 atom stereocenters. The Kier molecular flexibility index (Phi) is 11.4. The van der Waals surface area contributed by atoms with Gasteiger partial charge in [-0.15, -0.1) is 5.10 Å². The number of nitrogens with one attached hydrogen (secondary N) is 2. The summed E-state index contributed by atoms with van der Waals surface area (Å²) in [4.78, 5) is 69.2. The smallest absolute Gasteiger partial charge is 0.287 e. The highest BCUT2D eigenvalue weighted by molar-refractivity contribution is 9.10. The largest absolute Gasteiger partial charge is 0.384 e. The predicted octanol–water partition coefficient (Wildman–Crippen LogP) is 2.63. The van der Waals surface area contributed by atoms with E-state index in [4.69, 9.17) is 5.73 Å². The number of aromatic nitrogens is 3. The van der Waals surface area contributed by atoms with Crippen LogP contribution in [0.5, 0.6) is 0 Å². The third-order valence-electron chi connectivity index (χ3n) is 10.1. The highest BCUT2D eigenvalue weighted by Crippen LogP contribution is 2.47. The molecule has 50 heavy (non-hydrogen) atoms. The number of nitrogens with two attached hydrogens (primary N) is 1. The number of carbonyl (C=O) groups is 5. The maximum Gasteiger partial charge on any atom is 0.287 e. The summed E-state index contributed by atoms with van der Waals surface area (Å²) in [6.45, 7) is 3.10. The fourth-order valence-corrected chi connectivity index (χ4v) is 9.14. The molecule has 5 rings (SSSR count). The van der Waals surface area contributed by atoms with Crippen molar-refractivity contribution in [2.75, 3.05) is 18.1 Å². The second kappa shape index (κ2) is 15.1. The Hall–Kier alpha value is -3.38. The maximum absolute atomic E-state index is 14.7. The van der Waals surface area contributed by atoms with Crippen molar-refractivity contribution in [2.24, 2.45) is 11.7 Å². The van der Waals surface area contributed by atoms with Gasteiger partial charge in [0.05, 0.1) is 17.9 Å². The highest BCUT2D eigenvalue weighted by atomic mass is 79.9. The molecule has 1 aliphatic carbocycles. The summed E-state index contributed by atoms with van der Waals surface area (Å²) in [6.07, 6.45) is 6.23. The van der Waals surface area contributed by atoms with Gasteiger partial charge in [-0.1, -0.05) is 53.2 Å². The molecule has 0 spiro atoms. The van der Waals surface area contributed by atoms with E-state index in [2.05, 4.69) is 36.9 Å². The first-order valence-corrected chi connectivity index (χ1v) is 19.6. The average molecular weight is 781 g/mol. The van der Waals surface area contributed by atoms with Crippen LogP contribution in [0.2, 0.25) is 0 Å². The summed E-state index contributed by atoms with van der Waals surface area (Å²) >= 11 is 3.37. The fourth-order valence-electron chi connectivity index (χ4n) is 7.32. The highest BCUT2D eigenvalue weighted by Gasteiger charge is 2.50. The molecule has 2 aliphatic heterocycles. The molecule has 3 heterocycles. The van der Waals surface area contributed by atoms with E-state index >= 15 is 0 Å². The van der Waals surface area contributed by atoms with Gasteiger partial charge in [0.1, 0.15) is 23.2 Å². The van der Waals surface area contributed by atoms with E-state index < -0.39 is 69.3 Å². The number of rotatable bonds is 11. The number of likely N-dealkylation sites (tertiary alicyclic amines) is 1. The van der Waals surface area contributed by atoms with Gasteiger partial charge in [-0.3, -0.25) is 33.1 Å². The molecule has 17 heteroatoms. The van der Waals surface area contributed by atoms with Gasteiger partial charge in [-0.25, -0.2) is 4.68 Å². The number of aliphatic hydroxyl groups is 1. The van der Waals surface area contributed by atoms with Crippen LogP contribution < -0.4 is 16.4 Å². The molecule has 3 fully saturated rings. The Labute approximate surface area is 300 Å². The van der Waals surface area contributed by atoms with E-state index in [0.717, 1.165) is 36.6 Å². The summed E-state index contributed by atoms with van der Waals surface area (Å²) in [7, 11) is -3.02. The van der Waals surface area contributed by atoms with Gasteiger partial charge in [-0.05, 0) is 63.3 Å². The zero-order valence-electron chi connectivity index (χ0n) is 28.2. The molecule has 2 aromatic rings. The van der Waals surface area contributed by atoms with Crippen molar-refractivity contribution < 1.29 is 38.2 Å². The second-order valence-electron chi connectivity index (χ2n) is 14.3. The van der Waals surface area contributed by atoms with Gasteiger partial charge >= 0.3 is 0 Å². The normalized spacial score (nSPS) is 23.4. The Morgan fingerprint density at radius 2 is 1.72 bits per heavy atom. The number of hydrogen-bond acceptors (Lipinski definition) is 10. The third-order valence-corrected chi connectivity index (χ3v) is 12.4. The van der Waals surface area contributed by atoms with Gasteiger partial charge < -0.3 is 26.4 Å². The van der Waals surface area contributed by atoms with Gasteiger partial charge in [-0.2, -0.15) is 10.6 Å². The number of carbonyl (C=O) groups excluding carboxylic acids is 5. The van der Waals surface area contributed by atoms with E-state index in [1.165, 1.54) is 15.8 Å². The van der Waals surface area contributed by atoms with E-state index in [1.807, 2.05) is 0 Å². The van der Waals surface area contributed by atoms with E-state index in [-0.39, 0.29) is 43.2 Å². The molecule has 2 saturated heterocycles. The van der Waals surface area contributed by atoms with Crippen LogP contribution in [-0.4, -0.2) is 99.2 Å². The lowest BCUT2D eigenvalue weighted by Crippen LogP contribution is -2.64. The molecule has 3 aliphatic rings. The van der Waals surface area contributed by atoms with Gasteiger partial charge in [0.25, 0.3) is 11.8 Å². The molecule has 1 saturated carbocycles. The number of ketones is 1. The molecule has 0 radical (unpaired) electrons. The van der Waals surface area contributed by atoms with Crippen molar-refractivity contribution in [3.63, 3.8) is 0 Å². The zero-order chi connectivity index (χ0) is 36.4. The van der Waals surface area contributed by atoms with Crippen LogP contribution in [0.15, 0.2) is 34.9 Å². The second-order valence-corrected chi connectivity index (χ2v) is 17.6. The first kappa shape index (κ1) is 37.9. The number of primary amides is 1. The number of benzene rings is 1. The monoisotopic (exact) mass is 779 g/mol. The van der Waals surface area contributed by atoms with Crippen LogP contribution in [0.1, 0.15) is 93.7 Å². The quantitative estimate of drug-likeness (QED) is 0.183. The van der Waals surface area contributed by atoms with Crippen molar-refractivity contribution >= 4 is 55.9 Å². The van der Waals surface area contributed by atoms with Crippen molar-refractivity contribution in [3.05, 3.63) is 46.2 Å². The van der Waals surface area contributed by atoms with E-state index in [0.29, 0.717) is 17.7 Å². The third kappa shape index (κ3) is 8.55. The van der Waals surface area contributed by atoms with Gasteiger partial charge in [0.2, 0.25) is 17.6 Å². The Morgan fingerprint density at radius 3 is 2.32 bits per heavy atom. The van der Waals surface area contributed by atoms with Crippen molar-refractivity contribution in [3.8, 4) is 0 Å². The maximum atomic E-state index is 14.7. The number of Topliss-reactive ketones (excluding diaryl/α,β-unsaturated/α-hetero) is 1. The topological polar surface area (TPSA) is 230 Å². The lowest BCUT2D eigenvalue weighted by molar-refractivity contribution is -0.145. The first-order valence-electron chi connectivity index (χ1n) is 16.9. The lowest BCUT2D eigenvalue weighted by atomic mass is 9.84. The predicted molar refractivity (Wildman–Crippen MR) is 188 cm³/mol. The van der Waals surface area contributed by atoms with Crippen LogP contribution in [0.3, 0.4) is 0 Å². The zero-order valence-corrected chi connectivity index (χ0v) is 30.6. The molecule has 15 nitrogen and oxygen atoms in total. The lowest BCUT2D eigenvalue weighted by Gasteiger charge is -2.45. The first-order chi connectivity index (χ1) is 23.5. The average Bonchev–Trinajstić information content (AvgIpc) is 3.74. The summed E-state index contributed by atoms with van der Waals surface area (Å²) in [5, 5.41) is 24.6. The van der Waals surface area contributed by atoms with E-state index in [9.17, 15) is 38.2 Å². The van der Waals surface area contributed by atoms with Crippen molar-refractivity contribution in [1.82, 2.24) is 30.5 Å². The molecule has 1 aromatic carbocycles. The molecule has 7 N–H and O–H groups in total. The number of amides is 4. The molecular formula is C33H46BrN7O8S. The summed E-state index contributed by atoms with van der Waals surface area (Å²) in [5.74, 6) is -4.30. The molecule has 1 aromatic heterocycles. The summed E-state index contributed by atoms with van der Waals surface area (Å²) < 4.78 is 22.8. The van der Waals surface area contributed by atoms with E-state index in [1.54, 1.807) is 38.1 Å². The fraction of sp³-hybridized carbons (Fsp3) is 0.606. The number of hydrogen-bond donors (Lipinski definition) is 6. The van der Waals surface area contributed by atoms with Crippen LogP contribution in [0.25, 0.3) is 0 Å². The number of halogens is 1. The van der Waals surface area contributed by atoms with Gasteiger partial charge in [0, 0.05) is 34.5 Å². The Morgan fingerprint density at radius 1 is 1.08 bits per heavy atom. The van der Waals surface area contributed by atoms with Crippen LogP contribution >= 0.6 is 26.5 Å². The standard InChI is InChI=1S/C33H46BrN7O8S/c1-32(2,47)26-18-36-39-41(26)23-17-25(30(45)38-33(27(42)28(35)43)12-14-50(48,49)15-13-33)40(19-23)31(46)24(16-20-6-4-3-5-7-20)37-29(44)21-8-10-22(34)11-9-21/h8-11,18,20,23-25,47-49H,3-7,12-17,19H2,1-2H3,(H2,35,43)(H,37,44)(H,38,45)/t23-,24?,25-/m0/s1. The Bertz CT molecular complexity index is 1600. The van der Waals surface area contributed by atoms with Crippen molar-refractivity contribution in [2.45, 2.75) is 101 Å². The molecule has 4 amide bonds. The summed E-state index contributed by atoms with van der Waals surface area (Å²) in [6, 6.07) is 3.93. The number of nitrogens with zero attached hydrogens (tertiary/aromatic N) is 4. The van der Waals surface area contributed by atoms with Crippen LogP contribution in [0, 0.1) is 5.92 Å². The molecule has 0 bridgehead atoms. The van der Waals surface area contributed by atoms with Crippen LogP contribution in [0.4, 0.5) is 0 Å². The van der Waals surface area contributed by atoms with Crippen molar-refractivity contribution in [1.29, 1.82) is 0 Å². The summed E-state index contributed by atoms with van der Waals surface area (Å²) in [5.41, 5.74) is 2.96. The minimum absolute atomic E-state index is 0.0108. The van der Waals surface area contributed by atoms with Crippen LogP contribution in [-0.2, 0) is 24.8 Å². The SMILES string of the molecule is CC(C)(O)c1cnnn1[C@H]1C[C@@H](C(=O)NC2(C(=O)C(N)=O)CCS(O)(O)CC2)N(C(=O)C(CC2CCCCC2)NC(=O)c2ccc(Br)cc2)C1. The molecule has 274 valence electrons. The van der Waals surface area contributed by atoms with Gasteiger partial charge in [0.15, 0.2) is 0 Å². The molecular weight excluding hydrogens is 734 g/mol. The minimum atomic E-state index is -3.02. The molecule has 1 unspecified atom stereocenters. The minimum Gasteiger partial charge on any atom is -0.384 e. The Balaban J connectivity index is 1.49.